The summed E-state index contributed by atoms with van der Waals surface area (Å²) in [6.45, 7) is 0.657. The van der Waals surface area contributed by atoms with Gasteiger partial charge in [-0.3, -0.25) is 5.32 Å². The average Bonchev–Trinajstić information content (AvgIpc) is 3.32. The highest BCUT2D eigenvalue weighted by Crippen LogP contribution is 2.33. The Morgan fingerprint density at radius 1 is 1.19 bits per heavy atom. The standard InChI is InChI=1S/C20H18FN3OS/c21-16-9-4-8-15(12-16)18-10-5-11-24(18)20(25)23-19-22-17(13-26-19)14-6-2-1-3-7-14/h1-4,6-9,12-13,18H,5,10-11H2,(H,22,23,25)/t18-/m1/s1. The van der Waals surface area contributed by atoms with Crippen molar-refractivity contribution in [3.8, 4) is 11.3 Å². The minimum atomic E-state index is -0.276. The topological polar surface area (TPSA) is 45.2 Å². The molecule has 132 valence electrons. The van der Waals surface area contributed by atoms with E-state index >= 15 is 0 Å². The zero-order chi connectivity index (χ0) is 17.9. The van der Waals surface area contributed by atoms with Crippen LogP contribution in [-0.2, 0) is 0 Å². The first-order valence-electron chi connectivity index (χ1n) is 8.55. The smallest absolute Gasteiger partial charge is 0.317 e. The van der Waals surface area contributed by atoms with E-state index in [2.05, 4.69) is 10.3 Å². The Morgan fingerprint density at radius 2 is 2.04 bits per heavy atom. The summed E-state index contributed by atoms with van der Waals surface area (Å²) in [5.41, 5.74) is 2.69. The van der Waals surface area contributed by atoms with Crippen LogP contribution in [-0.4, -0.2) is 22.5 Å². The lowest BCUT2D eigenvalue weighted by Gasteiger charge is -2.24. The van der Waals surface area contributed by atoms with E-state index in [9.17, 15) is 9.18 Å². The lowest BCUT2D eigenvalue weighted by molar-refractivity contribution is 0.207. The zero-order valence-corrected chi connectivity index (χ0v) is 14.9. The molecule has 0 bridgehead atoms. The van der Waals surface area contributed by atoms with E-state index in [1.807, 2.05) is 41.8 Å². The lowest BCUT2D eigenvalue weighted by Crippen LogP contribution is -2.34. The Labute approximate surface area is 155 Å². The van der Waals surface area contributed by atoms with Crippen LogP contribution in [0.1, 0.15) is 24.4 Å². The highest BCUT2D eigenvalue weighted by Gasteiger charge is 2.30. The number of anilines is 1. The van der Waals surface area contributed by atoms with Crippen molar-refractivity contribution in [2.75, 3.05) is 11.9 Å². The molecule has 0 unspecified atom stereocenters. The quantitative estimate of drug-likeness (QED) is 0.681. The second kappa shape index (κ2) is 7.25. The van der Waals surface area contributed by atoms with Crippen molar-refractivity contribution in [3.63, 3.8) is 0 Å². The SMILES string of the molecule is O=C(Nc1nc(-c2ccccc2)cs1)N1CCC[C@@H]1c1cccc(F)c1. The van der Waals surface area contributed by atoms with Crippen LogP contribution in [0.5, 0.6) is 0 Å². The zero-order valence-electron chi connectivity index (χ0n) is 14.1. The van der Waals surface area contributed by atoms with Crippen molar-refractivity contribution in [3.05, 3.63) is 71.4 Å². The number of rotatable bonds is 3. The van der Waals surface area contributed by atoms with Crippen LogP contribution in [0.25, 0.3) is 11.3 Å². The Bertz CT molecular complexity index is 912. The fourth-order valence-electron chi connectivity index (χ4n) is 3.31. The number of urea groups is 1. The first-order chi connectivity index (χ1) is 12.7. The van der Waals surface area contributed by atoms with Crippen molar-refractivity contribution >= 4 is 22.5 Å². The molecule has 4 rings (SSSR count). The third-order valence-corrected chi connectivity index (χ3v) is 5.29. The summed E-state index contributed by atoms with van der Waals surface area (Å²) in [7, 11) is 0. The summed E-state index contributed by atoms with van der Waals surface area (Å²) in [6, 6.07) is 16.0. The highest BCUT2D eigenvalue weighted by atomic mass is 32.1. The van der Waals surface area contributed by atoms with E-state index < -0.39 is 0 Å². The molecule has 1 atom stereocenters. The molecule has 2 aromatic carbocycles. The first kappa shape index (κ1) is 16.7. The fraction of sp³-hybridized carbons (Fsp3) is 0.200. The molecule has 0 saturated carbocycles. The van der Waals surface area contributed by atoms with Crippen LogP contribution in [0.2, 0.25) is 0 Å². The number of likely N-dealkylation sites (tertiary alicyclic amines) is 1. The highest BCUT2D eigenvalue weighted by molar-refractivity contribution is 7.14. The van der Waals surface area contributed by atoms with Gasteiger partial charge in [-0.05, 0) is 30.5 Å². The molecule has 1 N–H and O–H groups in total. The molecule has 6 heteroatoms. The molecular weight excluding hydrogens is 349 g/mol. The van der Waals surface area contributed by atoms with Gasteiger partial charge in [0.25, 0.3) is 0 Å². The van der Waals surface area contributed by atoms with Gasteiger partial charge in [0.05, 0.1) is 11.7 Å². The van der Waals surface area contributed by atoms with Gasteiger partial charge < -0.3 is 4.90 Å². The number of nitrogens with one attached hydrogen (secondary N) is 1. The lowest BCUT2D eigenvalue weighted by atomic mass is 10.0. The molecular formula is C20H18FN3OS. The molecule has 0 aliphatic carbocycles. The maximum atomic E-state index is 13.5. The minimum absolute atomic E-state index is 0.0979. The minimum Gasteiger partial charge on any atom is -0.317 e. The van der Waals surface area contributed by atoms with Gasteiger partial charge in [0.1, 0.15) is 5.82 Å². The summed E-state index contributed by atoms with van der Waals surface area (Å²) in [6.07, 6.45) is 1.74. The summed E-state index contributed by atoms with van der Waals surface area (Å²) in [4.78, 5) is 19.0. The molecule has 2 amide bonds. The van der Waals surface area contributed by atoms with Crippen molar-refractivity contribution in [2.24, 2.45) is 0 Å². The third-order valence-electron chi connectivity index (χ3n) is 4.53. The van der Waals surface area contributed by atoms with E-state index in [4.69, 9.17) is 0 Å². The number of nitrogens with zero attached hydrogens (tertiary/aromatic N) is 2. The normalized spacial score (nSPS) is 16.7. The number of hydrogen-bond donors (Lipinski definition) is 1. The van der Waals surface area contributed by atoms with Gasteiger partial charge in [0, 0.05) is 17.5 Å². The fourth-order valence-corrected chi connectivity index (χ4v) is 4.02. The Balaban J connectivity index is 1.48. The van der Waals surface area contributed by atoms with E-state index in [1.54, 1.807) is 11.0 Å². The van der Waals surface area contributed by atoms with Gasteiger partial charge in [-0.15, -0.1) is 11.3 Å². The molecule has 26 heavy (non-hydrogen) atoms. The maximum absolute atomic E-state index is 13.5. The Morgan fingerprint density at radius 3 is 2.85 bits per heavy atom. The predicted octanol–water partition coefficient (Wildman–Crippen LogP) is 5.32. The van der Waals surface area contributed by atoms with Crippen molar-refractivity contribution in [1.82, 2.24) is 9.88 Å². The second-order valence-corrected chi connectivity index (χ2v) is 7.10. The number of aromatic nitrogens is 1. The largest absolute Gasteiger partial charge is 0.324 e. The molecule has 1 aliphatic heterocycles. The number of halogens is 1. The molecule has 1 fully saturated rings. The van der Waals surface area contributed by atoms with E-state index in [0.717, 1.165) is 29.7 Å². The summed E-state index contributed by atoms with van der Waals surface area (Å²) in [5.74, 6) is -0.276. The van der Waals surface area contributed by atoms with Crippen LogP contribution in [0.3, 0.4) is 0 Å². The summed E-state index contributed by atoms with van der Waals surface area (Å²) in [5, 5.41) is 5.39. The maximum Gasteiger partial charge on any atom is 0.324 e. The molecule has 4 nitrogen and oxygen atoms in total. The number of amides is 2. The number of carbonyl (C=O) groups is 1. The molecule has 1 aromatic heterocycles. The average molecular weight is 367 g/mol. The molecule has 1 aliphatic rings. The van der Waals surface area contributed by atoms with Gasteiger partial charge in [-0.1, -0.05) is 42.5 Å². The third kappa shape index (κ3) is 3.46. The number of carbonyl (C=O) groups excluding carboxylic acids is 1. The van der Waals surface area contributed by atoms with Crippen LogP contribution in [0.4, 0.5) is 14.3 Å². The van der Waals surface area contributed by atoms with Crippen LogP contribution < -0.4 is 5.32 Å². The van der Waals surface area contributed by atoms with E-state index in [-0.39, 0.29) is 17.9 Å². The van der Waals surface area contributed by atoms with Crippen molar-refractivity contribution in [2.45, 2.75) is 18.9 Å². The molecule has 2 heterocycles. The van der Waals surface area contributed by atoms with Crippen LogP contribution in [0, 0.1) is 5.82 Å². The van der Waals surface area contributed by atoms with Gasteiger partial charge in [-0.25, -0.2) is 14.2 Å². The van der Waals surface area contributed by atoms with Crippen LogP contribution in [0.15, 0.2) is 60.0 Å². The molecule has 0 spiro atoms. The van der Waals surface area contributed by atoms with Gasteiger partial charge >= 0.3 is 6.03 Å². The molecule has 0 radical (unpaired) electrons. The Kier molecular flexibility index (Phi) is 4.67. The molecule has 3 aromatic rings. The predicted molar refractivity (Wildman–Crippen MR) is 102 cm³/mol. The second-order valence-electron chi connectivity index (χ2n) is 6.24. The Hall–Kier alpha value is -2.73. The van der Waals surface area contributed by atoms with Gasteiger partial charge in [0.2, 0.25) is 0 Å². The number of benzene rings is 2. The monoisotopic (exact) mass is 367 g/mol. The number of thiazole rings is 1. The van der Waals surface area contributed by atoms with Crippen molar-refractivity contribution < 1.29 is 9.18 Å². The van der Waals surface area contributed by atoms with E-state index in [1.165, 1.54) is 23.5 Å². The molecule has 1 saturated heterocycles. The first-order valence-corrected chi connectivity index (χ1v) is 9.43. The van der Waals surface area contributed by atoms with Gasteiger partial charge in [0.15, 0.2) is 5.13 Å². The van der Waals surface area contributed by atoms with Crippen LogP contribution >= 0.6 is 11.3 Å². The van der Waals surface area contributed by atoms with Gasteiger partial charge in [-0.2, -0.15) is 0 Å². The van der Waals surface area contributed by atoms with E-state index in [0.29, 0.717) is 11.7 Å². The number of hydrogen-bond acceptors (Lipinski definition) is 3. The van der Waals surface area contributed by atoms with Crippen molar-refractivity contribution in [1.29, 1.82) is 0 Å². The summed E-state index contributed by atoms with van der Waals surface area (Å²) >= 11 is 1.40. The summed E-state index contributed by atoms with van der Waals surface area (Å²) < 4.78 is 13.5.